The molecule has 0 fully saturated rings. The number of hydrogen-bond donors (Lipinski definition) is 2. The second-order valence-corrected chi connectivity index (χ2v) is 5.38. The first-order valence-electron chi connectivity index (χ1n) is 6.27. The number of benzene rings is 2. The van der Waals surface area contributed by atoms with Crippen molar-refractivity contribution in [2.45, 2.75) is 6.42 Å². The van der Waals surface area contributed by atoms with Gasteiger partial charge in [0.1, 0.15) is 0 Å². The third kappa shape index (κ3) is 2.75. The summed E-state index contributed by atoms with van der Waals surface area (Å²) in [6.45, 7) is 0.685. The lowest BCUT2D eigenvalue weighted by molar-refractivity contribution is 0.969. The molecular weight excluding hydrogens is 254 g/mol. The molecule has 0 saturated heterocycles. The van der Waals surface area contributed by atoms with E-state index < -0.39 is 0 Å². The zero-order valence-electron chi connectivity index (χ0n) is 10.5. The maximum absolute atomic E-state index is 5.54. The maximum Gasteiger partial charge on any atom is 0.188 e. The SMILES string of the molecule is NCCc1ccc(Nc2nc3ccccc3s2)cc1. The molecule has 0 spiro atoms. The fourth-order valence-corrected chi connectivity index (χ4v) is 2.86. The van der Waals surface area contributed by atoms with E-state index in [4.69, 9.17) is 5.73 Å². The van der Waals surface area contributed by atoms with Crippen LogP contribution in [0.25, 0.3) is 10.2 Å². The fraction of sp³-hybridized carbons (Fsp3) is 0.133. The summed E-state index contributed by atoms with van der Waals surface area (Å²) >= 11 is 1.66. The van der Waals surface area contributed by atoms with Crippen LogP contribution in [-0.2, 0) is 6.42 Å². The van der Waals surface area contributed by atoms with Crippen LogP contribution in [0.5, 0.6) is 0 Å². The van der Waals surface area contributed by atoms with Gasteiger partial charge in [0, 0.05) is 5.69 Å². The minimum Gasteiger partial charge on any atom is -0.332 e. The quantitative estimate of drug-likeness (QED) is 0.761. The van der Waals surface area contributed by atoms with E-state index in [0.717, 1.165) is 22.8 Å². The standard InChI is InChI=1S/C15H15N3S/c16-10-9-11-5-7-12(8-6-11)17-15-18-13-3-1-2-4-14(13)19-15/h1-8H,9-10,16H2,(H,17,18). The van der Waals surface area contributed by atoms with E-state index in [1.54, 1.807) is 11.3 Å². The topological polar surface area (TPSA) is 50.9 Å². The van der Waals surface area contributed by atoms with E-state index in [2.05, 4.69) is 40.6 Å². The predicted octanol–water partition coefficient (Wildman–Crippen LogP) is 3.54. The zero-order chi connectivity index (χ0) is 13.1. The normalized spacial score (nSPS) is 10.8. The zero-order valence-corrected chi connectivity index (χ0v) is 11.3. The molecule has 0 aliphatic carbocycles. The van der Waals surface area contributed by atoms with Gasteiger partial charge >= 0.3 is 0 Å². The Bertz CT molecular complexity index is 640. The molecule has 0 atom stereocenters. The van der Waals surface area contributed by atoms with Crippen LogP contribution in [0.15, 0.2) is 48.5 Å². The number of nitrogens with two attached hydrogens (primary N) is 1. The lowest BCUT2D eigenvalue weighted by Gasteiger charge is -2.03. The number of nitrogens with one attached hydrogen (secondary N) is 1. The second-order valence-electron chi connectivity index (χ2n) is 4.35. The third-order valence-electron chi connectivity index (χ3n) is 2.93. The van der Waals surface area contributed by atoms with E-state index in [9.17, 15) is 0 Å². The molecule has 2 aromatic carbocycles. The van der Waals surface area contributed by atoms with Crippen molar-refractivity contribution in [1.82, 2.24) is 4.98 Å². The van der Waals surface area contributed by atoms with Crippen LogP contribution in [0.2, 0.25) is 0 Å². The number of anilines is 2. The Kier molecular flexibility index (Phi) is 3.44. The van der Waals surface area contributed by atoms with Crippen molar-refractivity contribution in [2.75, 3.05) is 11.9 Å². The maximum atomic E-state index is 5.54. The average Bonchev–Trinajstić information content (AvgIpc) is 2.83. The van der Waals surface area contributed by atoms with Gasteiger partial charge in [-0.15, -0.1) is 0 Å². The number of para-hydroxylation sites is 1. The van der Waals surface area contributed by atoms with E-state index in [1.165, 1.54) is 10.3 Å². The highest BCUT2D eigenvalue weighted by Crippen LogP contribution is 2.27. The number of nitrogens with zero attached hydrogens (tertiary/aromatic N) is 1. The Morgan fingerprint density at radius 1 is 1.05 bits per heavy atom. The van der Waals surface area contributed by atoms with Gasteiger partial charge in [0.2, 0.25) is 0 Å². The Morgan fingerprint density at radius 2 is 1.84 bits per heavy atom. The fourth-order valence-electron chi connectivity index (χ4n) is 1.97. The summed E-state index contributed by atoms with van der Waals surface area (Å²) < 4.78 is 1.20. The van der Waals surface area contributed by atoms with Crippen molar-refractivity contribution in [3.8, 4) is 0 Å². The summed E-state index contributed by atoms with van der Waals surface area (Å²) in [5.74, 6) is 0. The summed E-state index contributed by atoms with van der Waals surface area (Å²) in [5, 5.41) is 4.26. The van der Waals surface area contributed by atoms with Gasteiger partial charge in [0.15, 0.2) is 5.13 Å². The van der Waals surface area contributed by atoms with Crippen molar-refractivity contribution in [1.29, 1.82) is 0 Å². The summed E-state index contributed by atoms with van der Waals surface area (Å²) in [6.07, 6.45) is 0.918. The molecular formula is C15H15N3S. The van der Waals surface area contributed by atoms with Crippen molar-refractivity contribution in [3.63, 3.8) is 0 Å². The molecule has 4 heteroatoms. The monoisotopic (exact) mass is 269 g/mol. The van der Waals surface area contributed by atoms with Gasteiger partial charge in [-0.1, -0.05) is 35.6 Å². The summed E-state index contributed by atoms with van der Waals surface area (Å²) in [5.41, 5.74) is 8.89. The largest absolute Gasteiger partial charge is 0.332 e. The molecule has 0 unspecified atom stereocenters. The predicted molar refractivity (Wildman–Crippen MR) is 82.1 cm³/mol. The highest BCUT2D eigenvalue weighted by atomic mass is 32.1. The van der Waals surface area contributed by atoms with Crippen LogP contribution in [0.3, 0.4) is 0 Å². The highest BCUT2D eigenvalue weighted by molar-refractivity contribution is 7.22. The van der Waals surface area contributed by atoms with Gasteiger partial charge in [-0.3, -0.25) is 0 Å². The number of fused-ring (bicyclic) bond motifs is 1. The van der Waals surface area contributed by atoms with Crippen molar-refractivity contribution >= 4 is 32.4 Å². The van der Waals surface area contributed by atoms with Gasteiger partial charge in [-0.05, 0) is 42.8 Å². The Labute approximate surface area is 116 Å². The Hall–Kier alpha value is -1.91. The molecule has 0 aliphatic rings. The minimum atomic E-state index is 0.685. The van der Waals surface area contributed by atoms with Gasteiger partial charge in [0.25, 0.3) is 0 Å². The minimum absolute atomic E-state index is 0.685. The van der Waals surface area contributed by atoms with Crippen LogP contribution in [0, 0.1) is 0 Å². The number of thiazole rings is 1. The smallest absolute Gasteiger partial charge is 0.188 e. The average molecular weight is 269 g/mol. The highest BCUT2D eigenvalue weighted by Gasteiger charge is 2.03. The third-order valence-corrected chi connectivity index (χ3v) is 3.88. The molecule has 96 valence electrons. The van der Waals surface area contributed by atoms with Gasteiger partial charge in [-0.25, -0.2) is 4.98 Å². The number of aromatic nitrogens is 1. The van der Waals surface area contributed by atoms with Crippen LogP contribution in [-0.4, -0.2) is 11.5 Å². The molecule has 1 aromatic heterocycles. The first-order chi connectivity index (χ1) is 9.35. The van der Waals surface area contributed by atoms with Gasteiger partial charge in [0.05, 0.1) is 10.2 Å². The van der Waals surface area contributed by atoms with Crippen LogP contribution < -0.4 is 11.1 Å². The van der Waals surface area contributed by atoms with Gasteiger partial charge in [-0.2, -0.15) is 0 Å². The Morgan fingerprint density at radius 3 is 2.58 bits per heavy atom. The molecule has 1 heterocycles. The first kappa shape index (κ1) is 12.1. The second kappa shape index (κ2) is 5.38. The van der Waals surface area contributed by atoms with Crippen LogP contribution in [0.4, 0.5) is 10.8 Å². The molecule has 3 N–H and O–H groups in total. The van der Waals surface area contributed by atoms with Gasteiger partial charge < -0.3 is 11.1 Å². The van der Waals surface area contributed by atoms with E-state index in [-0.39, 0.29) is 0 Å². The first-order valence-corrected chi connectivity index (χ1v) is 7.08. The van der Waals surface area contributed by atoms with E-state index >= 15 is 0 Å². The summed E-state index contributed by atoms with van der Waals surface area (Å²) in [7, 11) is 0. The molecule has 3 aromatic rings. The molecule has 3 nitrogen and oxygen atoms in total. The molecule has 19 heavy (non-hydrogen) atoms. The molecule has 0 radical (unpaired) electrons. The molecule has 0 amide bonds. The van der Waals surface area contributed by atoms with Crippen molar-refractivity contribution in [3.05, 3.63) is 54.1 Å². The van der Waals surface area contributed by atoms with Crippen molar-refractivity contribution < 1.29 is 0 Å². The molecule has 3 rings (SSSR count). The van der Waals surface area contributed by atoms with E-state index in [0.29, 0.717) is 6.54 Å². The van der Waals surface area contributed by atoms with Crippen molar-refractivity contribution in [2.24, 2.45) is 5.73 Å². The number of rotatable bonds is 4. The van der Waals surface area contributed by atoms with Crippen LogP contribution in [0.1, 0.15) is 5.56 Å². The molecule has 0 aliphatic heterocycles. The van der Waals surface area contributed by atoms with E-state index in [1.807, 2.05) is 18.2 Å². The summed E-state index contributed by atoms with van der Waals surface area (Å²) in [6, 6.07) is 16.5. The molecule has 0 saturated carbocycles. The number of hydrogen-bond acceptors (Lipinski definition) is 4. The Balaban J connectivity index is 1.80. The lowest BCUT2D eigenvalue weighted by Crippen LogP contribution is -2.02. The van der Waals surface area contributed by atoms with Crippen LogP contribution >= 0.6 is 11.3 Å². The lowest BCUT2D eigenvalue weighted by atomic mass is 10.1. The molecule has 0 bridgehead atoms. The summed E-state index contributed by atoms with van der Waals surface area (Å²) in [4.78, 5) is 4.55.